The van der Waals surface area contributed by atoms with Crippen molar-refractivity contribution in [2.24, 2.45) is 5.92 Å². The van der Waals surface area contributed by atoms with E-state index in [0.717, 1.165) is 45.3 Å². The summed E-state index contributed by atoms with van der Waals surface area (Å²) in [6.07, 6.45) is 9.46. The van der Waals surface area contributed by atoms with Crippen LogP contribution in [0, 0.1) is 5.92 Å². The van der Waals surface area contributed by atoms with E-state index >= 15 is 0 Å². The van der Waals surface area contributed by atoms with E-state index in [1.807, 2.05) is 17.3 Å². The van der Waals surface area contributed by atoms with E-state index < -0.39 is 0 Å². The Kier molecular flexibility index (Phi) is 5.51. The summed E-state index contributed by atoms with van der Waals surface area (Å²) in [6.45, 7) is 4.39. The van der Waals surface area contributed by atoms with Crippen LogP contribution in [0.15, 0.2) is 30.7 Å². The monoisotopic (exact) mass is 346 g/mol. The van der Waals surface area contributed by atoms with Crippen molar-refractivity contribution in [2.45, 2.75) is 39.2 Å². The third kappa shape index (κ3) is 3.96. The molecule has 1 saturated heterocycles. The number of hydrogen-bond acceptors (Lipinski definition) is 3. The van der Waals surface area contributed by atoms with Crippen molar-refractivity contribution in [3.05, 3.63) is 47.0 Å². The summed E-state index contributed by atoms with van der Waals surface area (Å²) < 4.78 is 1.76. The summed E-state index contributed by atoms with van der Waals surface area (Å²) >= 11 is 6.19. The van der Waals surface area contributed by atoms with E-state index in [-0.39, 0.29) is 5.91 Å². The Morgan fingerprint density at radius 3 is 2.67 bits per heavy atom. The second kappa shape index (κ2) is 7.79. The Balaban J connectivity index is 1.57. The second-order valence-electron chi connectivity index (χ2n) is 6.38. The molecule has 2 aromatic heterocycles. The molecule has 5 nitrogen and oxygen atoms in total. The summed E-state index contributed by atoms with van der Waals surface area (Å²) in [5.74, 6) is 0.571. The van der Waals surface area contributed by atoms with Crippen LogP contribution in [-0.4, -0.2) is 38.7 Å². The van der Waals surface area contributed by atoms with E-state index in [1.165, 1.54) is 5.56 Å². The first-order chi connectivity index (χ1) is 11.7. The maximum absolute atomic E-state index is 12.7. The zero-order valence-corrected chi connectivity index (χ0v) is 14.7. The Morgan fingerprint density at radius 1 is 1.29 bits per heavy atom. The molecule has 0 radical (unpaired) electrons. The molecule has 0 N–H and O–H groups in total. The van der Waals surface area contributed by atoms with E-state index in [1.54, 1.807) is 10.9 Å². The van der Waals surface area contributed by atoms with Gasteiger partial charge in [0.05, 0.1) is 5.02 Å². The summed E-state index contributed by atoms with van der Waals surface area (Å²) in [7, 11) is 0. The number of amides is 1. The van der Waals surface area contributed by atoms with Crippen LogP contribution in [0.5, 0.6) is 0 Å². The fourth-order valence-corrected chi connectivity index (χ4v) is 3.46. The van der Waals surface area contributed by atoms with Gasteiger partial charge in [-0.1, -0.05) is 18.5 Å². The van der Waals surface area contributed by atoms with Crippen LogP contribution < -0.4 is 0 Å². The van der Waals surface area contributed by atoms with Crippen LogP contribution in [0.1, 0.15) is 42.2 Å². The number of pyridine rings is 1. The van der Waals surface area contributed by atoms with Crippen LogP contribution in [-0.2, 0) is 13.0 Å². The summed E-state index contributed by atoms with van der Waals surface area (Å²) in [5, 5.41) is 4.80. The molecule has 3 heterocycles. The Labute approximate surface area is 147 Å². The van der Waals surface area contributed by atoms with Gasteiger partial charge in [-0.3, -0.25) is 14.5 Å². The van der Waals surface area contributed by atoms with Gasteiger partial charge in [0.25, 0.3) is 5.91 Å². The van der Waals surface area contributed by atoms with Gasteiger partial charge in [-0.25, -0.2) is 0 Å². The highest BCUT2D eigenvalue weighted by Gasteiger charge is 2.26. The normalized spacial score (nSPS) is 15.7. The van der Waals surface area contributed by atoms with Gasteiger partial charge in [-0.15, -0.1) is 0 Å². The molecule has 24 heavy (non-hydrogen) atoms. The molecule has 0 saturated carbocycles. The molecule has 1 amide bonds. The average Bonchev–Trinajstić information content (AvgIpc) is 2.97. The van der Waals surface area contributed by atoms with Crippen molar-refractivity contribution in [3.8, 4) is 0 Å². The zero-order chi connectivity index (χ0) is 16.9. The number of piperidine rings is 1. The molecule has 0 unspecified atom stereocenters. The number of nitrogens with zero attached hydrogens (tertiary/aromatic N) is 4. The first-order valence-corrected chi connectivity index (χ1v) is 8.96. The maximum atomic E-state index is 12.7. The maximum Gasteiger partial charge on any atom is 0.275 e. The quantitative estimate of drug-likeness (QED) is 0.833. The molecular weight excluding hydrogens is 324 g/mol. The van der Waals surface area contributed by atoms with Crippen LogP contribution in [0.25, 0.3) is 0 Å². The molecule has 6 heteroatoms. The molecule has 128 valence electrons. The Morgan fingerprint density at radius 2 is 2.00 bits per heavy atom. The highest BCUT2D eigenvalue weighted by molar-refractivity contribution is 6.33. The van der Waals surface area contributed by atoms with Crippen molar-refractivity contribution in [1.82, 2.24) is 19.7 Å². The number of carbonyl (C=O) groups excluding carboxylic acids is 1. The van der Waals surface area contributed by atoms with Gasteiger partial charge in [-0.2, -0.15) is 5.10 Å². The molecule has 0 atom stereocenters. The van der Waals surface area contributed by atoms with Gasteiger partial charge < -0.3 is 4.90 Å². The molecule has 1 aliphatic rings. The molecule has 3 rings (SSSR count). The summed E-state index contributed by atoms with van der Waals surface area (Å²) in [5.41, 5.74) is 1.70. The average molecular weight is 347 g/mol. The summed E-state index contributed by atoms with van der Waals surface area (Å²) in [6, 6.07) is 4.13. The minimum Gasteiger partial charge on any atom is -0.337 e. The lowest BCUT2D eigenvalue weighted by atomic mass is 9.90. The van der Waals surface area contributed by atoms with Crippen molar-refractivity contribution in [2.75, 3.05) is 13.1 Å². The van der Waals surface area contributed by atoms with E-state index in [4.69, 9.17) is 11.6 Å². The molecule has 2 aromatic rings. The topological polar surface area (TPSA) is 51.0 Å². The lowest BCUT2D eigenvalue weighted by Crippen LogP contribution is -2.39. The van der Waals surface area contributed by atoms with Gasteiger partial charge in [0.1, 0.15) is 0 Å². The lowest BCUT2D eigenvalue weighted by molar-refractivity contribution is 0.0684. The number of likely N-dealkylation sites (tertiary alicyclic amines) is 1. The first-order valence-electron chi connectivity index (χ1n) is 8.58. The predicted octanol–water partition coefficient (Wildman–Crippen LogP) is 3.44. The molecule has 1 aliphatic heterocycles. The Bertz CT molecular complexity index is 678. The fraction of sp³-hybridized carbons (Fsp3) is 0.500. The van der Waals surface area contributed by atoms with Crippen LogP contribution in [0.2, 0.25) is 5.02 Å². The number of rotatable bonds is 5. The van der Waals surface area contributed by atoms with Crippen molar-refractivity contribution >= 4 is 17.5 Å². The van der Waals surface area contributed by atoms with Crippen LogP contribution in [0.3, 0.4) is 0 Å². The molecule has 0 aromatic carbocycles. The van der Waals surface area contributed by atoms with Gasteiger partial charge in [-0.05, 0) is 49.3 Å². The number of carbonyl (C=O) groups is 1. The minimum absolute atomic E-state index is 0.0442. The van der Waals surface area contributed by atoms with E-state index in [0.29, 0.717) is 16.6 Å². The smallest absolute Gasteiger partial charge is 0.275 e. The van der Waals surface area contributed by atoms with Crippen molar-refractivity contribution in [1.29, 1.82) is 0 Å². The van der Waals surface area contributed by atoms with Gasteiger partial charge >= 0.3 is 0 Å². The predicted molar refractivity (Wildman–Crippen MR) is 94.1 cm³/mol. The number of hydrogen-bond donors (Lipinski definition) is 0. The number of aryl methyl sites for hydroxylation is 1. The highest BCUT2D eigenvalue weighted by Crippen LogP contribution is 2.24. The Hall–Kier alpha value is -1.88. The van der Waals surface area contributed by atoms with Crippen molar-refractivity contribution < 1.29 is 4.79 Å². The van der Waals surface area contributed by atoms with Crippen LogP contribution in [0.4, 0.5) is 0 Å². The lowest BCUT2D eigenvalue weighted by Gasteiger charge is -2.31. The van der Waals surface area contributed by atoms with E-state index in [2.05, 4.69) is 29.1 Å². The highest BCUT2D eigenvalue weighted by atomic mass is 35.5. The molecule has 1 fully saturated rings. The molecule has 0 spiro atoms. The number of halogens is 1. The van der Waals surface area contributed by atoms with Gasteiger partial charge in [0.15, 0.2) is 5.69 Å². The summed E-state index contributed by atoms with van der Waals surface area (Å²) in [4.78, 5) is 18.6. The van der Waals surface area contributed by atoms with Gasteiger partial charge in [0, 0.05) is 38.2 Å². The minimum atomic E-state index is -0.0442. The third-order valence-electron chi connectivity index (χ3n) is 4.55. The first kappa shape index (κ1) is 17.0. The van der Waals surface area contributed by atoms with Gasteiger partial charge in [0.2, 0.25) is 0 Å². The van der Waals surface area contributed by atoms with Crippen LogP contribution >= 0.6 is 11.6 Å². The molecular formula is C18H23ClN4O. The fourth-order valence-electron chi connectivity index (χ4n) is 3.23. The van der Waals surface area contributed by atoms with Crippen molar-refractivity contribution in [3.63, 3.8) is 0 Å². The second-order valence-corrected chi connectivity index (χ2v) is 6.79. The standard InChI is InChI=1S/C18H23ClN4O/c1-2-9-23-13-16(19)17(21-23)18(24)22-10-5-15(6-11-22)12-14-3-7-20-8-4-14/h3-4,7-8,13,15H,2,5-6,9-12H2,1H3. The SMILES string of the molecule is CCCn1cc(Cl)c(C(=O)N2CCC(Cc3ccncc3)CC2)n1. The van der Waals surface area contributed by atoms with E-state index in [9.17, 15) is 4.79 Å². The number of aromatic nitrogens is 3. The molecule has 0 bridgehead atoms. The molecule has 0 aliphatic carbocycles. The third-order valence-corrected chi connectivity index (χ3v) is 4.82. The zero-order valence-electron chi connectivity index (χ0n) is 14.0. The largest absolute Gasteiger partial charge is 0.337 e.